The van der Waals surface area contributed by atoms with Gasteiger partial charge in [0, 0.05) is 10.6 Å². The van der Waals surface area contributed by atoms with Gasteiger partial charge in [-0.2, -0.15) is 13.2 Å². The first kappa shape index (κ1) is 24.6. The van der Waals surface area contributed by atoms with E-state index < -0.39 is 39.4 Å². The summed E-state index contributed by atoms with van der Waals surface area (Å²) >= 11 is 0.552. The van der Waals surface area contributed by atoms with E-state index in [1.165, 1.54) is 41.0 Å². The highest BCUT2D eigenvalue weighted by Crippen LogP contribution is 2.39. The molecule has 0 aliphatic rings. The largest absolute Gasteiger partial charge is 0.505 e. The van der Waals surface area contributed by atoms with Gasteiger partial charge in [0.05, 0.1) is 17.5 Å². The zero-order valence-electron chi connectivity index (χ0n) is 19.0. The number of fused-ring (bicyclic) bond motifs is 3. The van der Waals surface area contributed by atoms with Crippen LogP contribution in [0.2, 0.25) is 0 Å². The van der Waals surface area contributed by atoms with Gasteiger partial charge in [-0.15, -0.1) is 0 Å². The number of aromatic hydroxyl groups is 1. The lowest BCUT2D eigenvalue weighted by molar-refractivity contribution is -0.137. The Labute approximate surface area is 209 Å². The normalized spacial score (nSPS) is 11.9. The van der Waals surface area contributed by atoms with Crippen LogP contribution in [0.15, 0.2) is 84.5 Å². The van der Waals surface area contributed by atoms with E-state index in [1.807, 2.05) is 0 Å². The van der Waals surface area contributed by atoms with Crippen LogP contribution >= 0.6 is 11.8 Å². The van der Waals surface area contributed by atoms with Crippen molar-refractivity contribution in [3.8, 4) is 5.75 Å². The Bertz CT molecular complexity index is 1790. The first-order chi connectivity index (χ1) is 17.5. The Balaban J connectivity index is 1.74. The van der Waals surface area contributed by atoms with Gasteiger partial charge in [0.2, 0.25) is 0 Å². The van der Waals surface area contributed by atoms with Crippen LogP contribution < -0.4 is 11.2 Å². The van der Waals surface area contributed by atoms with Crippen LogP contribution in [0.5, 0.6) is 5.75 Å². The average molecular weight is 528 g/mol. The SMILES string of the molecule is Cc1ccc2c3oc(=O)c(Sc4cccc(C(F)(F)F)c4)c(O)c3c(=O)n(Cc3ccc(F)cc3)c2n1. The molecule has 3 aromatic heterocycles. The lowest BCUT2D eigenvalue weighted by Gasteiger charge is -2.14. The summed E-state index contributed by atoms with van der Waals surface area (Å²) in [5, 5.41) is 11.0. The highest BCUT2D eigenvalue weighted by Gasteiger charge is 2.31. The lowest BCUT2D eigenvalue weighted by Crippen LogP contribution is -2.23. The van der Waals surface area contributed by atoms with E-state index in [0.29, 0.717) is 23.0 Å². The first-order valence-electron chi connectivity index (χ1n) is 10.8. The Morgan fingerprint density at radius 1 is 1.05 bits per heavy atom. The maximum Gasteiger partial charge on any atom is 0.416 e. The van der Waals surface area contributed by atoms with Gasteiger partial charge in [-0.3, -0.25) is 9.36 Å². The number of aromatic nitrogens is 2. The number of rotatable bonds is 4. The monoisotopic (exact) mass is 528 g/mol. The molecule has 0 spiro atoms. The topological polar surface area (TPSA) is 85.3 Å². The van der Waals surface area contributed by atoms with Crippen molar-refractivity contribution in [2.45, 2.75) is 29.4 Å². The summed E-state index contributed by atoms with van der Waals surface area (Å²) in [6, 6.07) is 12.9. The van der Waals surface area contributed by atoms with E-state index in [0.717, 1.165) is 12.1 Å². The van der Waals surface area contributed by atoms with Crippen molar-refractivity contribution in [2.75, 3.05) is 0 Å². The summed E-state index contributed by atoms with van der Waals surface area (Å²) in [5.74, 6) is -1.17. The molecule has 0 radical (unpaired) electrons. The van der Waals surface area contributed by atoms with Crippen molar-refractivity contribution in [3.63, 3.8) is 0 Å². The molecule has 0 aliphatic carbocycles. The van der Waals surface area contributed by atoms with Gasteiger partial charge >= 0.3 is 11.8 Å². The Kier molecular flexibility index (Phi) is 6.03. The quantitative estimate of drug-likeness (QED) is 0.232. The number of pyridine rings is 2. The molecule has 0 atom stereocenters. The molecule has 3 heterocycles. The highest BCUT2D eigenvalue weighted by atomic mass is 32.2. The van der Waals surface area contributed by atoms with Crippen LogP contribution in [-0.2, 0) is 12.7 Å². The molecule has 37 heavy (non-hydrogen) atoms. The minimum Gasteiger partial charge on any atom is -0.505 e. The molecule has 0 saturated carbocycles. The smallest absolute Gasteiger partial charge is 0.416 e. The van der Waals surface area contributed by atoms with E-state index in [-0.39, 0.29) is 33.4 Å². The number of alkyl halides is 3. The molecule has 0 saturated heterocycles. The third-order valence-electron chi connectivity index (χ3n) is 5.67. The maximum absolute atomic E-state index is 13.6. The van der Waals surface area contributed by atoms with Gasteiger partial charge in [-0.1, -0.05) is 30.0 Å². The van der Waals surface area contributed by atoms with Gasteiger partial charge < -0.3 is 9.52 Å². The maximum atomic E-state index is 13.6. The van der Waals surface area contributed by atoms with Crippen LogP contribution in [0.25, 0.3) is 22.0 Å². The molecule has 0 unspecified atom stereocenters. The zero-order chi connectivity index (χ0) is 26.5. The van der Waals surface area contributed by atoms with Crippen LogP contribution in [0.1, 0.15) is 16.8 Å². The predicted octanol–water partition coefficient (Wildman–Crippen LogP) is 5.87. The average Bonchev–Trinajstić information content (AvgIpc) is 2.85. The summed E-state index contributed by atoms with van der Waals surface area (Å²) in [6.07, 6.45) is -4.61. The van der Waals surface area contributed by atoms with Gasteiger partial charge in [0.15, 0.2) is 11.3 Å². The van der Waals surface area contributed by atoms with Crippen LogP contribution in [-0.4, -0.2) is 14.7 Å². The number of aryl methyl sites for hydroxylation is 1. The molecule has 6 nitrogen and oxygen atoms in total. The molecule has 5 rings (SSSR count). The number of hydrogen-bond acceptors (Lipinski definition) is 6. The van der Waals surface area contributed by atoms with Crippen molar-refractivity contribution in [3.05, 3.63) is 104 Å². The van der Waals surface area contributed by atoms with E-state index in [2.05, 4.69) is 4.98 Å². The Morgan fingerprint density at radius 2 is 1.78 bits per heavy atom. The summed E-state index contributed by atoms with van der Waals surface area (Å²) < 4.78 is 59.5. The molecule has 0 aliphatic heterocycles. The summed E-state index contributed by atoms with van der Waals surface area (Å²) in [7, 11) is 0. The minimum absolute atomic E-state index is 0.0153. The fourth-order valence-corrected chi connectivity index (χ4v) is 4.81. The van der Waals surface area contributed by atoms with Crippen LogP contribution in [0.3, 0.4) is 0 Å². The standard InChI is InChI=1S/C26H16F4N2O4S/c1-13-5-10-18-21-19(24(34)32(23(18)31-13)12-14-6-8-16(27)9-7-14)20(33)22(25(35)36-21)37-17-4-2-3-15(11-17)26(28,29)30/h2-11,33H,12H2,1H3. The lowest BCUT2D eigenvalue weighted by atomic mass is 10.1. The molecule has 11 heteroatoms. The molecular weight excluding hydrogens is 512 g/mol. The molecule has 0 bridgehead atoms. The van der Waals surface area contributed by atoms with E-state index in [9.17, 15) is 32.3 Å². The minimum atomic E-state index is -4.61. The van der Waals surface area contributed by atoms with E-state index in [1.54, 1.807) is 19.1 Å². The molecular formula is C26H16F4N2O4S. The van der Waals surface area contributed by atoms with Gasteiger partial charge in [-0.05, 0) is 55.0 Å². The van der Waals surface area contributed by atoms with Gasteiger partial charge in [-0.25, -0.2) is 14.2 Å². The summed E-state index contributed by atoms with van der Waals surface area (Å²) in [4.78, 5) is 30.4. The summed E-state index contributed by atoms with van der Waals surface area (Å²) in [6.45, 7) is 1.68. The van der Waals surface area contributed by atoms with E-state index in [4.69, 9.17) is 4.42 Å². The fraction of sp³-hybridized carbons (Fsp3) is 0.115. The molecule has 5 aromatic rings. The zero-order valence-corrected chi connectivity index (χ0v) is 19.8. The number of hydrogen-bond donors (Lipinski definition) is 1. The molecule has 1 N–H and O–H groups in total. The second kappa shape index (κ2) is 9.07. The molecule has 0 amide bonds. The van der Waals surface area contributed by atoms with Crippen molar-refractivity contribution in [1.29, 1.82) is 0 Å². The third kappa shape index (κ3) is 4.57. The van der Waals surface area contributed by atoms with Gasteiger partial charge in [0.25, 0.3) is 5.56 Å². The molecule has 0 fully saturated rings. The van der Waals surface area contributed by atoms with E-state index >= 15 is 0 Å². The van der Waals surface area contributed by atoms with Crippen LogP contribution in [0.4, 0.5) is 17.6 Å². The number of benzene rings is 2. The van der Waals surface area contributed by atoms with Crippen molar-refractivity contribution >= 4 is 33.8 Å². The third-order valence-corrected chi connectivity index (χ3v) is 6.72. The van der Waals surface area contributed by atoms with Gasteiger partial charge in [0.1, 0.15) is 21.7 Å². The van der Waals surface area contributed by atoms with Crippen molar-refractivity contribution in [2.24, 2.45) is 0 Å². The molecule has 188 valence electrons. The van der Waals surface area contributed by atoms with Crippen LogP contribution in [0, 0.1) is 12.7 Å². The first-order valence-corrected chi connectivity index (χ1v) is 11.6. The summed E-state index contributed by atoms with van der Waals surface area (Å²) in [5.41, 5.74) is -1.56. The Morgan fingerprint density at radius 3 is 2.49 bits per heavy atom. The predicted molar refractivity (Wildman–Crippen MR) is 130 cm³/mol. The van der Waals surface area contributed by atoms with Crippen molar-refractivity contribution < 1.29 is 27.1 Å². The second-order valence-corrected chi connectivity index (χ2v) is 9.32. The number of nitrogens with zero attached hydrogens (tertiary/aromatic N) is 2. The number of halogens is 4. The molecule has 2 aromatic carbocycles. The second-order valence-electron chi connectivity index (χ2n) is 8.24. The fourth-order valence-electron chi connectivity index (χ4n) is 3.92. The Hall–Kier alpha value is -4.12. The van der Waals surface area contributed by atoms with Crippen molar-refractivity contribution in [1.82, 2.24) is 9.55 Å². The highest BCUT2D eigenvalue weighted by molar-refractivity contribution is 7.99.